The van der Waals surface area contributed by atoms with Gasteiger partial charge in [-0.05, 0) is 96.6 Å². The van der Waals surface area contributed by atoms with Crippen LogP contribution in [0.1, 0.15) is 30.9 Å². The number of ether oxygens (including phenoxy) is 2. The summed E-state index contributed by atoms with van der Waals surface area (Å²) in [5.74, 6) is 2.25. The van der Waals surface area contributed by atoms with Gasteiger partial charge in [-0.2, -0.15) is 0 Å². The second kappa shape index (κ2) is 11.1. The highest BCUT2D eigenvalue weighted by Gasteiger charge is 2.15. The lowest BCUT2D eigenvalue weighted by Gasteiger charge is -2.23. The van der Waals surface area contributed by atoms with Gasteiger partial charge in [0.25, 0.3) is 0 Å². The minimum absolute atomic E-state index is 0.437. The van der Waals surface area contributed by atoms with E-state index in [-0.39, 0.29) is 0 Å². The number of piperidine rings is 1. The van der Waals surface area contributed by atoms with E-state index in [1.807, 2.05) is 31.2 Å². The van der Waals surface area contributed by atoms with Gasteiger partial charge in [0.1, 0.15) is 6.61 Å². The second-order valence-electron chi connectivity index (χ2n) is 7.08. The monoisotopic (exact) mass is 466 g/mol. The maximum absolute atomic E-state index is 6.06. The minimum atomic E-state index is 0.437. The first-order chi connectivity index (χ1) is 13.7. The molecule has 0 aromatic heterocycles. The van der Waals surface area contributed by atoms with Crippen molar-refractivity contribution in [2.75, 3.05) is 26.2 Å². The third kappa shape index (κ3) is 6.38. The van der Waals surface area contributed by atoms with Crippen LogP contribution in [0.15, 0.2) is 40.9 Å². The number of nitrogens with one attached hydrogen (secondary N) is 2. The predicted octanol–water partition coefficient (Wildman–Crippen LogP) is 5.17. The van der Waals surface area contributed by atoms with Crippen molar-refractivity contribution in [1.82, 2.24) is 10.6 Å². The first-order valence-electron chi connectivity index (χ1n) is 9.89. The molecule has 2 aromatic carbocycles. The molecule has 28 heavy (non-hydrogen) atoms. The number of hydrogen-bond acceptors (Lipinski definition) is 4. The van der Waals surface area contributed by atoms with Gasteiger partial charge < -0.3 is 20.1 Å². The van der Waals surface area contributed by atoms with Gasteiger partial charge in [0.15, 0.2) is 11.5 Å². The summed E-state index contributed by atoms with van der Waals surface area (Å²) in [5, 5.41) is 7.71. The number of benzene rings is 2. The molecule has 0 radical (unpaired) electrons. The van der Waals surface area contributed by atoms with Crippen molar-refractivity contribution in [2.24, 2.45) is 5.92 Å². The zero-order chi connectivity index (χ0) is 19.8. The molecule has 152 valence electrons. The number of halogens is 2. The zero-order valence-corrected chi connectivity index (χ0v) is 18.6. The van der Waals surface area contributed by atoms with E-state index in [1.54, 1.807) is 0 Å². The van der Waals surface area contributed by atoms with Gasteiger partial charge in [-0.25, -0.2) is 0 Å². The molecule has 0 spiro atoms. The van der Waals surface area contributed by atoms with Gasteiger partial charge in [-0.15, -0.1) is 0 Å². The Bertz CT molecular complexity index is 766. The van der Waals surface area contributed by atoms with Crippen LogP contribution in [0.5, 0.6) is 11.5 Å². The summed E-state index contributed by atoms with van der Waals surface area (Å²) >= 11 is 9.72. The van der Waals surface area contributed by atoms with Gasteiger partial charge in [0.2, 0.25) is 0 Å². The fraction of sp³-hybridized carbons (Fsp3) is 0.455. The van der Waals surface area contributed by atoms with Crippen LogP contribution in [0.25, 0.3) is 0 Å². The summed E-state index contributed by atoms with van der Waals surface area (Å²) in [6, 6.07) is 11.9. The summed E-state index contributed by atoms with van der Waals surface area (Å²) in [6.07, 6.45) is 2.49. The van der Waals surface area contributed by atoms with Crippen molar-refractivity contribution >= 4 is 27.5 Å². The Morgan fingerprint density at radius 1 is 1.14 bits per heavy atom. The van der Waals surface area contributed by atoms with Gasteiger partial charge in [0, 0.05) is 11.6 Å². The maximum atomic E-state index is 6.06. The molecule has 0 bridgehead atoms. The molecular weight excluding hydrogens is 440 g/mol. The predicted molar refractivity (Wildman–Crippen MR) is 118 cm³/mol. The highest BCUT2D eigenvalue weighted by atomic mass is 79.9. The van der Waals surface area contributed by atoms with Crippen molar-refractivity contribution in [3.05, 3.63) is 57.0 Å². The van der Waals surface area contributed by atoms with Crippen LogP contribution >= 0.6 is 27.5 Å². The average Bonchev–Trinajstić information content (AvgIpc) is 2.68. The Morgan fingerprint density at radius 3 is 2.71 bits per heavy atom. The molecule has 1 fully saturated rings. The fourth-order valence-electron chi connectivity index (χ4n) is 3.42. The Hall–Kier alpha value is -1.27. The van der Waals surface area contributed by atoms with E-state index in [0.29, 0.717) is 18.2 Å². The number of rotatable bonds is 9. The minimum Gasteiger partial charge on any atom is -0.490 e. The standard InChI is InChI=1S/C22H28BrClN2O2/c1-2-27-21-12-18(14-26-13-16-6-8-25-9-7-16)11-20(23)22(21)28-15-17-4-3-5-19(24)10-17/h3-5,10-12,16,25-26H,2,6-9,13-15H2,1H3. The highest BCUT2D eigenvalue weighted by molar-refractivity contribution is 9.10. The van der Waals surface area contributed by atoms with Crippen molar-refractivity contribution in [1.29, 1.82) is 0 Å². The van der Waals surface area contributed by atoms with E-state index in [9.17, 15) is 0 Å². The topological polar surface area (TPSA) is 42.5 Å². The van der Waals surface area contributed by atoms with E-state index in [0.717, 1.165) is 53.6 Å². The molecule has 0 atom stereocenters. The fourth-order valence-corrected chi connectivity index (χ4v) is 4.23. The maximum Gasteiger partial charge on any atom is 0.175 e. The number of hydrogen-bond donors (Lipinski definition) is 2. The molecule has 0 unspecified atom stereocenters. The summed E-state index contributed by atoms with van der Waals surface area (Å²) in [5.41, 5.74) is 2.20. The summed E-state index contributed by atoms with van der Waals surface area (Å²) < 4.78 is 12.8. The molecule has 3 rings (SSSR count). The van der Waals surface area contributed by atoms with Crippen LogP contribution in [0.4, 0.5) is 0 Å². The van der Waals surface area contributed by atoms with Crippen LogP contribution in [0.2, 0.25) is 5.02 Å². The quantitative estimate of drug-likeness (QED) is 0.534. The molecule has 0 amide bonds. The molecule has 1 aliphatic heterocycles. The molecule has 2 N–H and O–H groups in total. The van der Waals surface area contributed by atoms with Gasteiger partial charge >= 0.3 is 0 Å². The zero-order valence-electron chi connectivity index (χ0n) is 16.3. The molecule has 1 heterocycles. The van der Waals surface area contributed by atoms with E-state index in [1.165, 1.54) is 18.4 Å². The van der Waals surface area contributed by atoms with Gasteiger partial charge in [-0.3, -0.25) is 0 Å². The normalized spacial score (nSPS) is 14.8. The Kier molecular flexibility index (Phi) is 8.46. The SMILES string of the molecule is CCOc1cc(CNCC2CCNCC2)cc(Br)c1OCc1cccc(Cl)c1. The van der Waals surface area contributed by atoms with Crippen molar-refractivity contribution in [2.45, 2.75) is 32.9 Å². The smallest absolute Gasteiger partial charge is 0.175 e. The van der Waals surface area contributed by atoms with Crippen LogP contribution in [-0.2, 0) is 13.2 Å². The molecule has 6 heteroatoms. The Morgan fingerprint density at radius 2 is 1.96 bits per heavy atom. The lowest BCUT2D eigenvalue weighted by atomic mass is 9.98. The summed E-state index contributed by atoms with van der Waals surface area (Å²) in [7, 11) is 0. The van der Waals surface area contributed by atoms with Crippen molar-refractivity contribution in [3.63, 3.8) is 0 Å². The largest absolute Gasteiger partial charge is 0.490 e. The Balaban J connectivity index is 1.63. The summed E-state index contributed by atoms with van der Waals surface area (Å²) in [6.45, 7) is 7.14. The van der Waals surface area contributed by atoms with E-state index >= 15 is 0 Å². The van der Waals surface area contributed by atoms with Crippen LogP contribution in [-0.4, -0.2) is 26.2 Å². The Labute approximate surface area is 181 Å². The molecule has 0 saturated carbocycles. The van der Waals surface area contributed by atoms with Crippen LogP contribution < -0.4 is 20.1 Å². The van der Waals surface area contributed by atoms with E-state index in [4.69, 9.17) is 21.1 Å². The molecule has 1 saturated heterocycles. The van der Waals surface area contributed by atoms with Gasteiger partial charge in [0.05, 0.1) is 11.1 Å². The average molecular weight is 468 g/mol. The second-order valence-corrected chi connectivity index (χ2v) is 8.37. The van der Waals surface area contributed by atoms with Gasteiger partial charge in [-0.1, -0.05) is 23.7 Å². The van der Waals surface area contributed by atoms with Crippen LogP contribution in [0, 0.1) is 5.92 Å². The lowest BCUT2D eigenvalue weighted by Crippen LogP contribution is -2.33. The first kappa shape index (κ1) is 21.4. The van der Waals surface area contributed by atoms with Crippen molar-refractivity contribution in [3.8, 4) is 11.5 Å². The third-order valence-electron chi connectivity index (χ3n) is 4.86. The molecule has 2 aromatic rings. The lowest BCUT2D eigenvalue weighted by molar-refractivity contribution is 0.267. The summed E-state index contributed by atoms with van der Waals surface area (Å²) in [4.78, 5) is 0. The van der Waals surface area contributed by atoms with Crippen LogP contribution in [0.3, 0.4) is 0 Å². The first-order valence-corrected chi connectivity index (χ1v) is 11.1. The van der Waals surface area contributed by atoms with E-state index in [2.05, 4.69) is 38.7 Å². The highest BCUT2D eigenvalue weighted by Crippen LogP contribution is 2.37. The molecule has 1 aliphatic rings. The molecule has 0 aliphatic carbocycles. The third-order valence-corrected chi connectivity index (χ3v) is 5.69. The molecular formula is C22H28BrClN2O2. The molecule has 4 nitrogen and oxygen atoms in total. The van der Waals surface area contributed by atoms with Crippen molar-refractivity contribution < 1.29 is 9.47 Å². The van der Waals surface area contributed by atoms with E-state index < -0.39 is 0 Å².